The third-order valence-electron chi connectivity index (χ3n) is 1.91. The van der Waals surface area contributed by atoms with Crippen LogP contribution in [0.4, 0.5) is 0 Å². The number of nitrogens with zero attached hydrogens (tertiary/aromatic N) is 3. The van der Waals surface area contributed by atoms with E-state index < -0.39 is 17.9 Å². The second-order valence-electron chi connectivity index (χ2n) is 2.87. The summed E-state index contributed by atoms with van der Waals surface area (Å²) >= 11 is 5.70. The average Bonchev–Trinajstić information content (AvgIpc) is 2.17. The molecule has 0 fully saturated rings. The number of carboxylic acid groups (broad SMARTS) is 1. The highest BCUT2D eigenvalue weighted by Crippen LogP contribution is 2.18. The minimum Gasteiger partial charge on any atom is -0.477 e. The highest BCUT2D eigenvalue weighted by Gasteiger charge is 2.31. The Kier molecular flexibility index (Phi) is 2.29. The SMILES string of the molecule is O=C(O)C1=NN=C2C=C(Cl)C=CN2[C@H]1O. The monoisotopic (exact) mass is 227 g/mol. The van der Waals surface area contributed by atoms with Crippen LogP contribution in [-0.4, -0.2) is 38.9 Å². The van der Waals surface area contributed by atoms with E-state index in [1.54, 1.807) is 0 Å². The lowest BCUT2D eigenvalue weighted by Crippen LogP contribution is -2.46. The second kappa shape index (κ2) is 3.48. The summed E-state index contributed by atoms with van der Waals surface area (Å²) in [5, 5.41) is 25.8. The van der Waals surface area contributed by atoms with Crippen molar-refractivity contribution in [2.45, 2.75) is 6.23 Å². The summed E-state index contributed by atoms with van der Waals surface area (Å²) in [7, 11) is 0. The topological polar surface area (TPSA) is 85.5 Å². The van der Waals surface area contributed by atoms with Crippen LogP contribution < -0.4 is 0 Å². The Balaban J connectivity index is 2.40. The van der Waals surface area contributed by atoms with Gasteiger partial charge in [0.1, 0.15) is 0 Å². The van der Waals surface area contributed by atoms with Gasteiger partial charge in [-0.15, -0.1) is 10.2 Å². The van der Waals surface area contributed by atoms with Crippen molar-refractivity contribution in [1.82, 2.24) is 4.90 Å². The van der Waals surface area contributed by atoms with Gasteiger partial charge in [0, 0.05) is 17.3 Å². The standard InChI is InChI=1S/C8H6ClN3O3/c9-4-1-2-12-5(3-4)10-11-6(7(12)13)8(14)15/h1-3,7,13H,(H,14,15)/t7-/m0/s1. The molecule has 0 saturated carbocycles. The zero-order valence-electron chi connectivity index (χ0n) is 7.33. The number of rotatable bonds is 1. The predicted octanol–water partition coefficient (Wildman–Crippen LogP) is 0.110. The van der Waals surface area contributed by atoms with E-state index in [0.29, 0.717) is 10.9 Å². The van der Waals surface area contributed by atoms with Crippen molar-refractivity contribution in [3.63, 3.8) is 0 Å². The van der Waals surface area contributed by atoms with Crippen LogP contribution in [0.15, 0.2) is 33.6 Å². The van der Waals surface area contributed by atoms with Gasteiger partial charge in [0.05, 0.1) is 0 Å². The number of aliphatic carboxylic acids is 1. The first-order valence-electron chi connectivity index (χ1n) is 4.00. The number of halogens is 1. The third-order valence-corrected chi connectivity index (χ3v) is 2.15. The second-order valence-corrected chi connectivity index (χ2v) is 3.31. The molecule has 0 saturated heterocycles. The average molecular weight is 228 g/mol. The van der Waals surface area contributed by atoms with Crippen molar-refractivity contribution >= 4 is 29.1 Å². The van der Waals surface area contributed by atoms with Gasteiger partial charge >= 0.3 is 5.97 Å². The molecule has 2 N–H and O–H groups in total. The van der Waals surface area contributed by atoms with E-state index in [0.717, 1.165) is 0 Å². The number of hydrogen-bond acceptors (Lipinski definition) is 5. The predicted molar refractivity (Wildman–Crippen MR) is 53.4 cm³/mol. The zero-order valence-corrected chi connectivity index (χ0v) is 8.09. The smallest absolute Gasteiger partial charge is 0.356 e. The number of aliphatic hydroxyl groups excluding tert-OH is 1. The number of carbonyl (C=O) groups is 1. The normalized spacial score (nSPS) is 24.0. The molecule has 0 aromatic heterocycles. The third kappa shape index (κ3) is 1.64. The van der Waals surface area contributed by atoms with Crippen LogP contribution in [0.1, 0.15) is 0 Å². The van der Waals surface area contributed by atoms with E-state index in [1.165, 1.54) is 23.3 Å². The van der Waals surface area contributed by atoms with Crippen LogP contribution in [0.3, 0.4) is 0 Å². The number of allylic oxidation sites excluding steroid dienone is 2. The molecular weight excluding hydrogens is 222 g/mol. The minimum absolute atomic E-state index is 0.306. The van der Waals surface area contributed by atoms with Gasteiger partial charge in [-0.05, 0) is 6.08 Å². The van der Waals surface area contributed by atoms with Gasteiger partial charge in [-0.1, -0.05) is 11.6 Å². The van der Waals surface area contributed by atoms with Crippen molar-refractivity contribution in [3.05, 3.63) is 23.4 Å². The molecule has 0 bridgehead atoms. The molecule has 6 nitrogen and oxygen atoms in total. The van der Waals surface area contributed by atoms with Crippen molar-refractivity contribution in [2.24, 2.45) is 10.2 Å². The molecular formula is C8H6ClN3O3. The molecule has 0 amide bonds. The Labute approximate surface area is 89.5 Å². The lowest BCUT2D eigenvalue weighted by molar-refractivity contribution is -0.130. The van der Waals surface area contributed by atoms with Gasteiger partial charge in [-0.25, -0.2) is 4.79 Å². The highest BCUT2D eigenvalue weighted by atomic mass is 35.5. The van der Waals surface area contributed by atoms with E-state index >= 15 is 0 Å². The maximum Gasteiger partial charge on any atom is 0.356 e. The number of fused-ring (bicyclic) bond motifs is 1. The minimum atomic E-state index is -1.34. The van der Waals surface area contributed by atoms with Gasteiger partial charge in [0.15, 0.2) is 17.8 Å². The molecule has 1 atom stereocenters. The summed E-state index contributed by atoms with van der Waals surface area (Å²) in [5.41, 5.74) is -0.421. The van der Waals surface area contributed by atoms with E-state index in [4.69, 9.17) is 16.7 Å². The molecule has 0 aromatic carbocycles. The van der Waals surface area contributed by atoms with Gasteiger partial charge in [-0.3, -0.25) is 4.90 Å². The van der Waals surface area contributed by atoms with E-state index in [1.807, 2.05) is 0 Å². The molecule has 2 heterocycles. The van der Waals surface area contributed by atoms with Gasteiger partial charge in [0.2, 0.25) is 0 Å². The van der Waals surface area contributed by atoms with Crippen molar-refractivity contribution in [1.29, 1.82) is 0 Å². The van der Waals surface area contributed by atoms with Crippen molar-refractivity contribution < 1.29 is 15.0 Å². The van der Waals surface area contributed by atoms with Crippen LogP contribution in [0, 0.1) is 0 Å². The molecule has 0 aromatic rings. The van der Waals surface area contributed by atoms with E-state index in [9.17, 15) is 9.90 Å². The molecule has 0 radical (unpaired) electrons. The summed E-state index contributed by atoms with van der Waals surface area (Å²) in [5.74, 6) is -1.00. The Morgan fingerprint density at radius 1 is 1.53 bits per heavy atom. The molecule has 2 aliphatic heterocycles. The first-order chi connectivity index (χ1) is 7.09. The number of aliphatic hydroxyl groups is 1. The molecule has 2 aliphatic rings. The largest absolute Gasteiger partial charge is 0.477 e. The summed E-state index contributed by atoms with van der Waals surface area (Å²) in [6.45, 7) is 0. The lowest BCUT2D eigenvalue weighted by Gasteiger charge is -2.29. The summed E-state index contributed by atoms with van der Waals surface area (Å²) in [6, 6.07) is 0. The fourth-order valence-corrected chi connectivity index (χ4v) is 1.36. The molecule has 2 rings (SSSR count). The molecule has 78 valence electrons. The molecule has 0 aliphatic carbocycles. The van der Waals surface area contributed by atoms with Gasteiger partial charge < -0.3 is 10.2 Å². The lowest BCUT2D eigenvalue weighted by atomic mass is 10.2. The number of carboxylic acids is 1. The molecule has 7 heteroatoms. The first kappa shape index (κ1) is 9.88. The first-order valence-corrected chi connectivity index (χ1v) is 4.38. The fourth-order valence-electron chi connectivity index (χ4n) is 1.20. The molecule has 0 unspecified atom stereocenters. The molecule has 0 spiro atoms. The summed E-state index contributed by atoms with van der Waals surface area (Å²) < 4.78 is 0. The van der Waals surface area contributed by atoms with Crippen LogP contribution in [0.2, 0.25) is 0 Å². The Hall–Kier alpha value is -1.66. The fraction of sp³-hybridized carbons (Fsp3) is 0.125. The van der Waals surface area contributed by atoms with Crippen LogP contribution >= 0.6 is 11.6 Å². The molecule has 15 heavy (non-hydrogen) atoms. The van der Waals surface area contributed by atoms with Gasteiger partial charge in [-0.2, -0.15) is 0 Å². The van der Waals surface area contributed by atoms with E-state index in [-0.39, 0.29) is 0 Å². The Bertz CT molecular complexity index is 438. The maximum atomic E-state index is 10.7. The number of amidine groups is 1. The summed E-state index contributed by atoms with van der Waals surface area (Å²) in [4.78, 5) is 11.9. The van der Waals surface area contributed by atoms with Gasteiger partial charge in [0.25, 0.3) is 0 Å². The van der Waals surface area contributed by atoms with Crippen molar-refractivity contribution in [3.8, 4) is 0 Å². The Morgan fingerprint density at radius 2 is 2.27 bits per heavy atom. The van der Waals surface area contributed by atoms with E-state index in [2.05, 4.69) is 10.2 Å². The maximum absolute atomic E-state index is 10.7. The highest BCUT2D eigenvalue weighted by molar-refractivity contribution is 6.38. The Morgan fingerprint density at radius 3 is 2.93 bits per heavy atom. The van der Waals surface area contributed by atoms with Crippen LogP contribution in [-0.2, 0) is 4.79 Å². The zero-order chi connectivity index (χ0) is 11.0. The van der Waals surface area contributed by atoms with Crippen LogP contribution in [0.25, 0.3) is 0 Å². The summed E-state index contributed by atoms with van der Waals surface area (Å²) in [6.07, 6.45) is 3.11. The number of hydrogen-bond donors (Lipinski definition) is 2. The van der Waals surface area contributed by atoms with Crippen molar-refractivity contribution in [2.75, 3.05) is 0 Å². The quantitative estimate of drug-likeness (QED) is 0.666. The van der Waals surface area contributed by atoms with Crippen LogP contribution in [0.5, 0.6) is 0 Å².